The van der Waals surface area contributed by atoms with Gasteiger partial charge in [-0.3, -0.25) is 4.90 Å². The molecule has 2 rings (SSSR count). The van der Waals surface area contributed by atoms with Crippen molar-refractivity contribution in [3.05, 3.63) is 11.8 Å². The maximum atomic E-state index is 11.0. The first-order chi connectivity index (χ1) is 9.51. The zero-order chi connectivity index (χ0) is 14.7. The van der Waals surface area contributed by atoms with Crippen LogP contribution in [0, 0.1) is 0 Å². The number of likely N-dealkylation sites (tertiary alicyclic amines) is 1. The van der Waals surface area contributed by atoms with Gasteiger partial charge in [-0.1, -0.05) is 0 Å². The third-order valence-corrected chi connectivity index (χ3v) is 3.52. The van der Waals surface area contributed by atoms with Gasteiger partial charge < -0.3 is 14.6 Å². The maximum Gasteiger partial charge on any atom is 0.354 e. The lowest BCUT2D eigenvalue weighted by atomic mass is 10.1. The van der Waals surface area contributed by atoms with Crippen LogP contribution in [0.15, 0.2) is 6.07 Å². The topological polar surface area (TPSA) is 84.8 Å². The molecule has 1 aromatic rings. The number of ether oxygens (including phenoxy) is 2. The number of aromatic nitrogens is 2. The standard InChI is InChI=1S/C13H19N3O4/c1-8(10-5-4-6-16(10)2)20-13-14-9(12(17)18)7-11(15-13)19-3/h7-8,10H,4-6H2,1-3H3,(H,17,18)/t8-,10-/m0/s1. The minimum atomic E-state index is -1.14. The normalized spacial score (nSPS) is 20.6. The summed E-state index contributed by atoms with van der Waals surface area (Å²) < 4.78 is 10.7. The van der Waals surface area contributed by atoms with Gasteiger partial charge in [-0.05, 0) is 33.4 Å². The summed E-state index contributed by atoms with van der Waals surface area (Å²) in [5.74, 6) is -0.958. The van der Waals surface area contributed by atoms with Crippen LogP contribution in [0.3, 0.4) is 0 Å². The van der Waals surface area contributed by atoms with E-state index < -0.39 is 5.97 Å². The lowest BCUT2D eigenvalue weighted by Gasteiger charge is -2.25. The SMILES string of the molecule is COc1cc(C(=O)O)nc(O[C@@H](C)[C@@H]2CCCN2C)n1. The number of likely N-dealkylation sites (N-methyl/N-ethyl adjacent to an activating group) is 1. The zero-order valence-electron chi connectivity index (χ0n) is 11.9. The molecule has 1 saturated heterocycles. The molecule has 0 amide bonds. The monoisotopic (exact) mass is 281 g/mol. The third-order valence-electron chi connectivity index (χ3n) is 3.52. The van der Waals surface area contributed by atoms with Gasteiger partial charge in [0.2, 0.25) is 5.88 Å². The van der Waals surface area contributed by atoms with Gasteiger partial charge in [0, 0.05) is 12.1 Å². The number of hydrogen-bond donors (Lipinski definition) is 1. The van der Waals surface area contributed by atoms with E-state index in [9.17, 15) is 4.79 Å². The zero-order valence-corrected chi connectivity index (χ0v) is 11.9. The van der Waals surface area contributed by atoms with Crippen LogP contribution in [0.2, 0.25) is 0 Å². The Morgan fingerprint density at radius 2 is 2.30 bits per heavy atom. The first-order valence-electron chi connectivity index (χ1n) is 6.54. The van der Waals surface area contributed by atoms with E-state index in [4.69, 9.17) is 14.6 Å². The number of nitrogens with zero attached hydrogens (tertiary/aromatic N) is 3. The summed E-state index contributed by atoms with van der Waals surface area (Å²) in [5, 5.41) is 9.01. The molecule has 0 aromatic carbocycles. The molecule has 1 fully saturated rings. The van der Waals surface area contributed by atoms with Gasteiger partial charge in [0.15, 0.2) is 5.69 Å². The van der Waals surface area contributed by atoms with Crippen LogP contribution in [-0.4, -0.2) is 58.8 Å². The molecule has 0 radical (unpaired) electrons. The fraction of sp³-hybridized carbons (Fsp3) is 0.615. The van der Waals surface area contributed by atoms with E-state index >= 15 is 0 Å². The summed E-state index contributed by atoms with van der Waals surface area (Å²) in [6.07, 6.45) is 2.07. The number of carbonyl (C=O) groups is 1. The highest BCUT2D eigenvalue weighted by Gasteiger charge is 2.28. The Hall–Kier alpha value is -1.89. The van der Waals surface area contributed by atoms with E-state index in [0.29, 0.717) is 0 Å². The van der Waals surface area contributed by atoms with Crippen molar-refractivity contribution in [3.8, 4) is 11.9 Å². The fourth-order valence-electron chi connectivity index (χ4n) is 2.44. The Morgan fingerprint density at radius 1 is 1.55 bits per heavy atom. The molecule has 2 heterocycles. The smallest absolute Gasteiger partial charge is 0.354 e. The number of methoxy groups -OCH3 is 1. The summed E-state index contributed by atoms with van der Waals surface area (Å²) in [7, 11) is 3.47. The lowest BCUT2D eigenvalue weighted by Crippen LogP contribution is -2.38. The Bertz CT molecular complexity index is 495. The van der Waals surface area contributed by atoms with E-state index in [0.717, 1.165) is 19.4 Å². The molecule has 7 heteroatoms. The number of rotatable bonds is 5. The average Bonchev–Trinajstić information content (AvgIpc) is 2.84. The maximum absolute atomic E-state index is 11.0. The molecular formula is C13H19N3O4. The predicted molar refractivity (Wildman–Crippen MR) is 71.3 cm³/mol. The van der Waals surface area contributed by atoms with Crippen molar-refractivity contribution in [2.45, 2.75) is 31.9 Å². The molecule has 20 heavy (non-hydrogen) atoms. The van der Waals surface area contributed by atoms with Crippen LogP contribution in [0.4, 0.5) is 0 Å². The lowest BCUT2D eigenvalue weighted by molar-refractivity contribution is 0.0683. The highest BCUT2D eigenvalue weighted by Crippen LogP contribution is 2.22. The average molecular weight is 281 g/mol. The second kappa shape index (κ2) is 6.04. The molecule has 2 atom stereocenters. The van der Waals surface area contributed by atoms with Gasteiger partial charge in [-0.25, -0.2) is 4.79 Å². The number of hydrogen-bond acceptors (Lipinski definition) is 6. The molecular weight excluding hydrogens is 262 g/mol. The van der Waals surface area contributed by atoms with Crippen LogP contribution < -0.4 is 9.47 Å². The Balaban J connectivity index is 2.15. The van der Waals surface area contributed by atoms with E-state index in [1.807, 2.05) is 14.0 Å². The number of carboxylic acid groups (broad SMARTS) is 1. The van der Waals surface area contributed by atoms with Crippen molar-refractivity contribution in [1.29, 1.82) is 0 Å². The summed E-state index contributed by atoms with van der Waals surface area (Å²) in [6.45, 7) is 2.98. The Kier molecular flexibility index (Phi) is 4.39. The van der Waals surface area contributed by atoms with Crippen LogP contribution in [0.1, 0.15) is 30.3 Å². The number of carboxylic acids is 1. The van der Waals surface area contributed by atoms with Crippen molar-refractivity contribution in [1.82, 2.24) is 14.9 Å². The molecule has 0 saturated carbocycles. The summed E-state index contributed by atoms with van der Waals surface area (Å²) in [5.41, 5.74) is -0.140. The first kappa shape index (κ1) is 14.5. The molecule has 1 aliphatic rings. The van der Waals surface area contributed by atoms with Crippen molar-refractivity contribution >= 4 is 5.97 Å². The van der Waals surface area contributed by atoms with Crippen molar-refractivity contribution in [2.75, 3.05) is 20.7 Å². The van der Waals surface area contributed by atoms with Gasteiger partial charge >= 0.3 is 12.0 Å². The van der Waals surface area contributed by atoms with Crippen LogP contribution >= 0.6 is 0 Å². The Labute approximate surface area is 117 Å². The van der Waals surface area contributed by atoms with Gasteiger partial charge in [-0.2, -0.15) is 9.97 Å². The van der Waals surface area contributed by atoms with Crippen molar-refractivity contribution in [3.63, 3.8) is 0 Å². The van der Waals surface area contributed by atoms with Gasteiger partial charge in [0.05, 0.1) is 7.11 Å². The number of aromatic carboxylic acids is 1. The molecule has 1 aromatic heterocycles. The summed E-state index contributed by atoms with van der Waals surface area (Å²) in [4.78, 5) is 21.2. The molecule has 1 aliphatic heterocycles. The van der Waals surface area contributed by atoms with E-state index in [2.05, 4.69) is 14.9 Å². The van der Waals surface area contributed by atoms with Crippen LogP contribution in [-0.2, 0) is 0 Å². The minimum Gasteiger partial charge on any atom is -0.481 e. The van der Waals surface area contributed by atoms with Gasteiger partial charge in [0.1, 0.15) is 6.10 Å². The highest BCUT2D eigenvalue weighted by atomic mass is 16.5. The van der Waals surface area contributed by atoms with Gasteiger partial charge in [-0.15, -0.1) is 0 Å². The van der Waals surface area contributed by atoms with E-state index in [1.165, 1.54) is 13.2 Å². The fourth-order valence-corrected chi connectivity index (χ4v) is 2.44. The van der Waals surface area contributed by atoms with Crippen LogP contribution in [0.5, 0.6) is 11.9 Å². The van der Waals surface area contributed by atoms with Crippen molar-refractivity contribution < 1.29 is 19.4 Å². The minimum absolute atomic E-state index is 0.0366. The van der Waals surface area contributed by atoms with Gasteiger partial charge in [0.25, 0.3) is 0 Å². The predicted octanol–water partition coefficient (Wildman–Crippen LogP) is 1.04. The first-order valence-corrected chi connectivity index (χ1v) is 6.54. The quantitative estimate of drug-likeness (QED) is 0.863. The third kappa shape index (κ3) is 3.16. The van der Waals surface area contributed by atoms with E-state index in [-0.39, 0.29) is 29.7 Å². The largest absolute Gasteiger partial charge is 0.481 e. The highest BCUT2D eigenvalue weighted by molar-refractivity contribution is 5.85. The second-order valence-electron chi connectivity index (χ2n) is 4.90. The molecule has 0 unspecified atom stereocenters. The molecule has 110 valence electrons. The Morgan fingerprint density at radius 3 is 2.85 bits per heavy atom. The molecule has 7 nitrogen and oxygen atoms in total. The van der Waals surface area contributed by atoms with E-state index in [1.54, 1.807) is 0 Å². The molecule has 1 N–H and O–H groups in total. The molecule has 0 spiro atoms. The molecule has 0 aliphatic carbocycles. The summed E-state index contributed by atoms with van der Waals surface area (Å²) >= 11 is 0. The summed E-state index contributed by atoms with van der Waals surface area (Å²) in [6, 6.07) is 1.59. The van der Waals surface area contributed by atoms with Crippen LogP contribution in [0.25, 0.3) is 0 Å². The molecule has 0 bridgehead atoms. The van der Waals surface area contributed by atoms with Crippen molar-refractivity contribution in [2.24, 2.45) is 0 Å². The second-order valence-corrected chi connectivity index (χ2v) is 4.90.